The summed E-state index contributed by atoms with van der Waals surface area (Å²) in [6.07, 6.45) is 7.11. The first-order chi connectivity index (χ1) is 21.3. The Hall–Kier alpha value is -5.22. The van der Waals surface area contributed by atoms with Gasteiger partial charge in [-0.2, -0.15) is 5.26 Å². The summed E-state index contributed by atoms with van der Waals surface area (Å²) in [6.45, 7) is 2.42. The van der Waals surface area contributed by atoms with Gasteiger partial charge in [-0.3, -0.25) is 24.0 Å². The van der Waals surface area contributed by atoms with E-state index in [1.165, 1.54) is 23.5 Å². The van der Waals surface area contributed by atoms with Gasteiger partial charge in [-0.05, 0) is 49.2 Å². The van der Waals surface area contributed by atoms with Gasteiger partial charge in [0.2, 0.25) is 11.8 Å². The van der Waals surface area contributed by atoms with Gasteiger partial charge in [0.15, 0.2) is 5.13 Å². The van der Waals surface area contributed by atoms with Crippen LogP contribution in [0.15, 0.2) is 55.0 Å². The van der Waals surface area contributed by atoms with E-state index in [4.69, 9.17) is 9.97 Å². The Morgan fingerprint density at radius 3 is 2.66 bits per heavy atom. The fourth-order valence-corrected chi connectivity index (χ4v) is 5.99. The lowest BCUT2D eigenvalue weighted by Gasteiger charge is -2.17. The van der Waals surface area contributed by atoms with Gasteiger partial charge < -0.3 is 15.5 Å². The number of nitrogens with zero attached hydrogens (tertiary/aromatic N) is 7. The maximum atomic E-state index is 13.5. The first kappa shape index (κ1) is 28.9. The van der Waals surface area contributed by atoms with Gasteiger partial charge in [0.25, 0.3) is 0 Å². The summed E-state index contributed by atoms with van der Waals surface area (Å²) in [6, 6.07) is 11.9. The number of amides is 2. The lowest BCUT2D eigenvalue weighted by molar-refractivity contribution is -0.121. The van der Waals surface area contributed by atoms with E-state index in [9.17, 15) is 19.2 Å². The average molecular weight is 610 g/mol. The van der Waals surface area contributed by atoms with Gasteiger partial charge in [0.1, 0.15) is 33.9 Å². The van der Waals surface area contributed by atoms with Crippen LogP contribution in [0.2, 0.25) is 0 Å². The maximum absolute atomic E-state index is 13.5. The van der Waals surface area contributed by atoms with Crippen molar-refractivity contribution >= 4 is 39.7 Å². The number of anilines is 2. The lowest BCUT2D eigenvalue weighted by Crippen LogP contribution is -2.39. The Balaban J connectivity index is 1.24. The number of fused-ring (bicyclic) bond motifs is 1. The minimum absolute atomic E-state index is 0.0107. The molecule has 4 aromatic heterocycles. The number of carbonyl (C=O) groups excluding carboxylic acids is 2. The van der Waals surface area contributed by atoms with Gasteiger partial charge in [-0.25, -0.2) is 14.4 Å². The Labute approximate surface area is 256 Å². The molecule has 0 saturated carbocycles. The molecule has 0 radical (unpaired) electrons. The molecule has 0 spiro atoms. The highest BCUT2D eigenvalue weighted by Crippen LogP contribution is 2.37. The fourth-order valence-electron chi connectivity index (χ4n) is 5.14. The summed E-state index contributed by atoms with van der Waals surface area (Å²) in [5.74, 6) is 0.271. The predicted molar refractivity (Wildman–Crippen MR) is 164 cm³/mol. The van der Waals surface area contributed by atoms with Crippen LogP contribution < -0.4 is 15.5 Å². The molecule has 0 aliphatic carbocycles. The zero-order valence-corrected chi connectivity index (χ0v) is 24.9. The number of hydrogen-bond donors (Lipinski definition) is 2. The first-order valence-corrected chi connectivity index (χ1v) is 14.9. The van der Waals surface area contributed by atoms with Gasteiger partial charge in [0, 0.05) is 49.6 Å². The van der Waals surface area contributed by atoms with E-state index < -0.39 is 0 Å². The molecule has 1 saturated heterocycles. The Kier molecular flexibility index (Phi) is 7.99. The van der Waals surface area contributed by atoms with Crippen molar-refractivity contribution in [2.75, 3.05) is 18.5 Å². The second-order valence-corrected chi connectivity index (χ2v) is 11.4. The molecule has 11 nitrogen and oxygen atoms in total. The Morgan fingerprint density at radius 2 is 1.98 bits per heavy atom. The summed E-state index contributed by atoms with van der Waals surface area (Å²) in [5, 5.41) is 16.1. The number of carbonyl (C=O) groups is 2. The average Bonchev–Trinajstić information content (AvgIpc) is 3.76. The molecular weight excluding hydrogens is 581 g/mol. The highest BCUT2D eigenvalue weighted by molar-refractivity contribution is 7.16. The Bertz CT molecular complexity index is 1890. The molecule has 5 heterocycles. The van der Waals surface area contributed by atoms with Crippen LogP contribution in [0.25, 0.3) is 28.2 Å². The molecule has 2 N–H and O–H groups in total. The van der Waals surface area contributed by atoms with Crippen LogP contribution in [0, 0.1) is 17.1 Å². The van der Waals surface area contributed by atoms with Crippen LogP contribution in [-0.2, 0) is 22.4 Å². The molecule has 6 rings (SSSR count). The number of pyridine rings is 1. The van der Waals surface area contributed by atoms with Crippen LogP contribution in [0.1, 0.15) is 36.0 Å². The number of aromatic nitrogens is 5. The number of nitrogens with one attached hydrogen (secondary N) is 2. The van der Waals surface area contributed by atoms with Crippen molar-refractivity contribution in [3.8, 4) is 28.6 Å². The molecule has 1 fully saturated rings. The van der Waals surface area contributed by atoms with Crippen molar-refractivity contribution in [1.29, 1.82) is 5.26 Å². The smallest absolute Gasteiger partial charge is 0.226 e. The topological polar surface area (TPSA) is 141 Å². The molecule has 1 unspecified atom stereocenters. The summed E-state index contributed by atoms with van der Waals surface area (Å²) in [4.78, 5) is 44.7. The van der Waals surface area contributed by atoms with Gasteiger partial charge in [0.05, 0.1) is 29.7 Å². The van der Waals surface area contributed by atoms with Crippen molar-refractivity contribution in [2.24, 2.45) is 0 Å². The number of rotatable bonds is 9. The molecule has 44 heavy (non-hydrogen) atoms. The number of aryl methyl sites for hydroxylation is 1. The lowest BCUT2D eigenvalue weighted by atomic mass is 10.1. The van der Waals surface area contributed by atoms with E-state index in [2.05, 4.69) is 26.7 Å². The molecular formula is C31H28FN9O2S. The third-order valence-corrected chi connectivity index (χ3v) is 8.45. The molecule has 2 amide bonds. The summed E-state index contributed by atoms with van der Waals surface area (Å²) in [7, 11) is 1.88. The van der Waals surface area contributed by atoms with Crippen molar-refractivity contribution in [1.82, 2.24) is 35.0 Å². The van der Waals surface area contributed by atoms with Gasteiger partial charge >= 0.3 is 0 Å². The second kappa shape index (κ2) is 12.2. The molecule has 1 aliphatic heterocycles. The third-order valence-electron chi connectivity index (χ3n) is 7.41. The second-order valence-electron chi connectivity index (χ2n) is 10.4. The van der Waals surface area contributed by atoms with Gasteiger partial charge in [-0.1, -0.05) is 18.3 Å². The summed E-state index contributed by atoms with van der Waals surface area (Å²) in [5.41, 5.74) is 4.72. The molecule has 0 bridgehead atoms. The number of benzene rings is 1. The van der Waals surface area contributed by atoms with Crippen LogP contribution in [0.5, 0.6) is 0 Å². The molecule has 1 aliphatic rings. The summed E-state index contributed by atoms with van der Waals surface area (Å²) < 4.78 is 15.5. The van der Waals surface area contributed by atoms with E-state index in [0.29, 0.717) is 58.5 Å². The molecule has 1 atom stereocenters. The van der Waals surface area contributed by atoms with E-state index in [0.717, 1.165) is 22.7 Å². The van der Waals surface area contributed by atoms with Crippen molar-refractivity contribution in [3.05, 3.63) is 77.1 Å². The van der Waals surface area contributed by atoms with E-state index >= 15 is 0 Å². The van der Waals surface area contributed by atoms with Crippen molar-refractivity contribution < 1.29 is 14.0 Å². The number of imidazole rings is 1. The molecule has 13 heteroatoms. The number of halogens is 1. The van der Waals surface area contributed by atoms with Crippen molar-refractivity contribution in [3.63, 3.8) is 0 Å². The zero-order valence-electron chi connectivity index (χ0n) is 24.0. The SMILES string of the molecule is CCc1nc2ccc(-c3cnc(CC(=O)NCC4CCC(=O)N4)cn3)cn2c1N(C)c1nc(-c2ccc(F)cc2)c(C#N)s1. The van der Waals surface area contributed by atoms with Crippen LogP contribution >= 0.6 is 11.3 Å². The monoisotopic (exact) mass is 609 g/mol. The molecule has 5 aromatic rings. The van der Waals surface area contributed by atoms with Crippen molar-refractivity contribution in [2.45, 2.75) is 38.6 Å². The predicted octanol–water partition coefficient (Wildman–Crippen LogP) is 4.19. The van der Waals surface area contributed by atoms with E-state index in [1.807, 2.05) is 41.6 Å². The zero-order chi connectivity index (χ0) is 30.8. The summed E-state index contributed by atoms with van der Waals surface area (Å²) >= 11 is 1.26. The Morgan fingerprint density at radius 1 is 1.18 bits per heavy atom. The maximum Gasteiger partial charge on any atom is 0.226 e. The fraction of sp³-hybridized carbons (Fsp3) is 0.258. The standard InChI is InChI=1S/C31H28FN9O2S/c1-3-23-30(40(2)31-39-29(25(13-33)44-31)18-4-7-20(32)8-5-18)41-17-19(6-10-26(41)38-23)24-16-34-22(15-35-24)12-28(43)36-14-21-9-11-27(42)37-21/h4-8,10,15-17,21H,3,9,11-12,14H2,1-2H3,(H,36,43)(H,37,42). The minimum Gasteiger partial charge on any atom is -0.354 e. The number of nitriles is 1. The third kappa shape index (κ3) is 5.84. The van der Waals surface area contributed by atoms with E-state index in [-0.39, 0.29) is 30.1 Å². The number of hydrogen-bond acceptors (Lipinski definition) is 9. The normalized spacial score (nSPS) is 14.4. The van der Waals surface area contributed by atoms with Crippen LogP contribution in [0.3, 0.4) is 0 Å². The highest BCUT2D eigenvalue weighted by atomic mass is 32.1. The minimum atomic E-state index is -0.356. The van der Waals surface area contributed by atoms with Crippen LogP contribution in [0.4, 0.5) is 15.3 Å². The van der Waals surface area contributed by atoms with Gasteiger partial charge in [-0.15, -0.1) is 0 Å². The quantitative estimate of drug-likeness (QED) is 0.253. The van der Waals surface area contributed by atoms with Crippen LogP contribution in [-0.4, -0.2) is 55.8 Å². The first-order valence-electron chi connectivity index (χ1n) is 14.1. The molecule has 222 valence electrons. The largest absolute Gasteiger partial charge is 0.354 e. The molecule has 1 aromatic carbocycles. The number of thiazole rings is 1. The van der Waals surface area contributed by atoms with E-state index in [1.54, 1.807) is 24.5 Å². The highest BCUT2D eigenvalue weighted by Gasteiger charge is 2.23.